The Morgan fingerprint density at radius 1 is 0.300 bits per heavy atom. The molecule has 0 aromatic heterocycles. The molecule has 0 amide bonds. The van der Waals surface area contributed by atoms with Crippen molar-refractivity contribution < 1.29 is 28.6 Å². The molecule has 0 saturated carbocycles. The van der Waals surface area contributed by atoms with Gasteiger partial charge in [-0.05, 0) is 122 Å². The molecule has 6 heteroatoms. The van der Waals surface area contributed by atoms with E-state index in [0.29, 0.717) is 25.7 Å². The van der Waals surface area contributed by atoms with Crippen LogP contribution in [0.3, 0.4) is 0 Å². The van der Waals surface area contributed by atoms with Gasteiger partial charge in [-0.2, -0.15) is 0 Å². The van der Waals surface area contributed by atoms with Gasteiger partial charge in [0.2, 0.25) is 0 Å². The normalized spacial score (nSPS) is 12.9. The molecule has 1 unspecified atom stereocenters. The molecule has 0 fully saturated rings. The lowest BCUT2D eigenvalue weighted by Crippen LogP contribution is -2.30. The average Bonchev–Trinajstić information content (AvgIpc) is 3.36. The molecular formula is C64H106O6. The maximum absolute atomic E-state index is 12.9. The maximum Gasteiger partial charge on any atom is 0.306 e. The van der Waals surface area contributed by atoms with Crippen molar-refractivity contribution in [1.82, 2.24) is 0 Å². The molecule has 0 bridgehead atoms. The minimum Gasteiger partial charge on any atom is -0.462 e. The Morgan fingerprint density at radius 2 is 0.586 bits per heavy atom. The lowest BCUT2D eigenvalue weighted by atomic mass is 10.1. The van der Waals surface area contributed by atoms with E-state index in [-0.39, 0.29) is 31.1 Å². The van der Waals surface area contributed by atoms with Gasteiger partial charge >= 0.3 is 17.9 Å². The topological polar surface area (TPSA) is 78.9 Å². The van der Waals surface area contributed by atoms with Crippen LogP contribution in [-0.2, 0) is 28.6 Å². The van der Waals surface area contributed by atoms with Crippen molar-refractivity contribution >= 4 is 17.9 Å². The summed E-state index contributed by atoms with van der Waals surface area (Å²) in [5, 5.41) is 0. The Bertz CT molecular complexity index is 1440. The van der Waals surface area contributed by atoms with E-state index in [1.807, 2.05) is 0 Å². The van der Waals surface area contributed by atoms with E-state index in [1.165, 1.54) is 89.9 Å². The minimum absolute atomic E-state index is 0.102. The summed E-state index contributed by atoms with van der Waals surface area (Å²) in [5.74, 6) is -0.964. The summed E-state index contributed by atoms with van der Waals surface area (Å²) in [7, 11) is 0. The summed E-state index contributed by atoms with van der Waals surface area (Å²) < 4.78 is 16.8. The fourth-order valence-electron chi connectivity index (χ4n) is 7.65. The molecular weight excluding hydrogens is 865 g/mol. The molecule has 0 aliphatic carbocycles. The highest BCUT2D eigenvalue weighted by molar-refractivity contribution is 5.71. The average molecular weight is 972 g/mol. The fourth-order valence-corrected chi connectivity index (χ4v) is 7.65. The molecule has 398 valence electrons. The third kappa shape index (κ3) is 55.0. The zero-order chi connectivity index (χ0) is 50.7. The lowest BCUT2D eigenvalue weighted by molar-refractivity contribution is -0.167. The second-order valence-electron chi connectivity index (χ2n) is 18.8. The summed E-state index contributed by atoms with van der Waals surface area (Å²) in [6.45, 7) is 6.41. The van der Waals surface area contributed by atoms with Crippen molar-refractivity contribution in [2.75, 3.05) is 13.2 Å². The van der Waals surface area contributed by atoms with Crippen LogP contribution in [0, 0.1) is 0 Å². The molecule has 0 rings (SSSR count). The third-order valence-electron chi connectivity index (χ3n) is 12.0. The van der Waals surface area contributed by atoms with Gasteiger partial charge in [-0.1, -0.05) is 226 Å². The summed E-state index contributed by atoms with van der Waals surface area (Å²) in [4.78, 5) is 38.1. The van der Waals surface area contributed by atoms with Crippen molar-refractivity contribution in [2.45, 2.75) is 264 Å². The molecule has 0 radical (unpaired) electrons. The minimum atomic E-state index is -0.806. The first-order valence-electron chi connectivity index (χ1n) is 28.9. The first kappa shape index (κ1) is 66.1. The van der Waals surface area contributed by atoms with E-state index >= 15 is 0 Å². The van der Waals surface area contributed by atoms with Gasteiger partial charge < -0.3 is 14.2 Å². The van der Waals surface area contributed by atoms with Crippen molar-refractivity contribution in [1.29, 1.82) is 0 Å². The standard InChI is InChI=1S/C64H106O6/c1-4-7-10-13-16-19-22-25-27-29-31-32-33-35-36-39-42-45-48-51-54-57-63(66)69-60-61(59-68-62(65)56-53-50-47-44-41-38-24-21-18-15-12-9-6-3)70-64(67)58-55-52-49-46-43-40-37-34-30-28-26-23-20-17-14-11-8-5-2/h7,10,12,15-16,19,21,24-25,27-28,30-32,35-36,42,45,61H,4-6,8-9,11,13-14,17-18,20,22-23,26,29,33-34,37-41,43-44,46-60H2,1-3H3/b10-7-,15-12-,19-16-,24-21-,27-25-,30-28-,32-31-,36-35-,45-42-. The Labute approximate surface area is 431 Å². The van der Waals surface area contributed by atoms with Crippen LogP contribution in [0.4, 0.5) is 0 Å². The summed E-state index contributed by atoms with van der Waals surface area (Å²) >= 11 is 0. The number of hydrogen-bond donors (Lipinski definition) is 0. The Hall–Kier alpha value is -3.93. The van der Waals surface area contributed by atoms with Gasteiger partial charge in [-0.25, -0.2) is 0 Å². The van der Waals surface area contributed by atoms with Crippen LogP contribution in [-0.4, -0.2) is 37.2 Å². The predicted molar refractivity (Wildman–Crippen MR) is 302 cm³/mol. The van der Waals surface area contributed by atoms with E-state index in [2.05, 4.69) is 130 Å². The first-order chi connectivity index (χ1) is 34.5. The smallest absolute Gasteiger partial charge is 0.306 e. The molecule has 0 aromatic rings. The highest BCUT2D eigenvalue weighted by atomic mass is 16.6. The zero-order valence-corrected chi connectivity index (χ0v) is 45.5. The van der Waals surface area contributed by atoms with Crippen molar-refractivity contribution in [2.24, 2.45) is 0 Å². The van der Waals surface area contributed by atoms with E-state index in [1.54, 1.807) is 0 Å². The van der Waals surface area contributed by atoms with Crippen LogP contribution in [0.15, 0.2) is 109 Å². The number of carbonyl (C=O) groups excluding carboxylic acids is 3. The van der Waals surface area contributed by atoms with Gasteiger partial charge in [-0.15, -0.1) is 0 Å². The van der Waals surface area contributed by atoms with E-state index in [9.17, 15) is 14.4 Å². The molecule has 6 nitrogen and oxygen atoms in total. The van der Waals surface area contributed by atoms with Crippen LogP contribution >= 0.6 is 0 Å². The third-order valence-corrected chi connectivity index (χ3v) is 12.0. The highest BCUT2D eigenvalue weighted by Gasteiger charge is 2.19. The summed E-state index contributed by atoms with van der Waals surface area (Å²) in [5.41, 5.74) is 0. The largest absolute Gasteiger partial charge is 0.462 e. The van der Waals surface area contributed by atoms with Crippen molar-refractivity contribution in [3.05, 3.63) is 109 Å². The molecule has 0 aliphatic heterocycles. The lowest BCUT2D eigenvalue weighted by Gasteiger charge is -2.18. The summed E-state index contributed by atoms with van der Waals surface area (Å²) in [6.07, 6.45) is 77.9. The van der Waals surface area contributed by atoms with Gasteiger partial charge in [-0.3, -0.25) is 14.4 Å². The van der Waals surface area contributed by atoms with Crippen LogP contribution in [0.2, 0.25) is 0 Å². The van der Waals surface area contributed by atoms with Gasteiger partial charge in [0.05, 0.1) is 0 Å². The van der Waals surface area contributed by atoms with E-state index < -0.39 is 6.10 Å². The molecule has 0 N–H and O–H groups in total. The SMILES string of the molecule is CC/C=C\C/C=C\C/C=C\C/C=C\C/C=C\C/C=C\CCCCC(=O)OCC(COC(=O)CCCCCCC/C=C\C/C=C\CCC)OC(=O)CCCCCCCCC/C=C\CCCCCCCCC. The number of hydrogen-bond acceptors (Lipinski definition) is 6. The second-order valence-corrected chi connectivity index (χ2v) is 18.8. The van der Waals surface area contributed by atoms with Crippen molar-refractivity contribution in [3.8, 4) is 0 Å². The summed E-state index contributed by atoms with van der Waals surface area (Å²) in [6, 6.07) is 0. The number of rotatable bonds is 51. The van der Waals surface area contributed by atoms with Crippen LogP contribution < -0.4 is 0 Å². The number of esters is 3. The Kier molecular flexibility index (Phi) is 54.4. The molecule has 70 heavy (non-hydrogen) atoms. The van der Waals surface area contributed by atoms with E-state index in [0.717, 1.165) is 122 Å². The molecule has 0 aliphatic rings. The fraction of sp³-hybridized carbons (Fsp3) is 0.672. The predicted octanol–water partition coefficient (Wildman–Crippen LogP) is 19.5. The molecule has 1 atom stereocenters. The molecule has 0 aromatic carbocycles. The van der Waals surface area contributed by atoms with Crippen LogP contribution in [0.1, 0.15) is 258 Å². The number of carbonyl (C=O) groups is 3. The number of allylic oxidation sites excluding steroid dienone is 18. The molecule has 0 saturated heterocycles. The number of unbranched alkanes of at least 4 members (excludes halogenated alkanes) is 22. The quantitative estimate of drug-likeness (QED) is 0.0262. The Morgan fingerprint density at radius 3 is 0.971 bits per heavy atom. The monoisotopic (exact) mass is 971 g/mol. The van der Waals surface area contributed by atoms with Crippen molar-refractivity contribution in [3.63, 3.8) is 0 Å². The van der Waals surface area contributed by atoms with Gasteiger partial charge in [0.1, 0.15) is 13.2 Å². The first-order valence-corrected chi connectivity index (χ1v) is 28.9. The molecule has 0 heterocycles. The van der Waals surface area contributed by atoms with Gasteiger partial charge in [0.15, 0.2) is 6.10 Å². The van der Waals surface area contributed by atoms with Gasteiger partial charge in [0.25, 0.3) is 0 Å². The van der Waals surface area contributed by atoms with Crippen LogP contribution in [0.25, 0.3) is 0 Å². The van der Waals surface area contributed by atoms with E-state index in [4.69, 9.17) is 14.2 Å². The highest BCUT2D eigenvalue weighted by Crippen LogP contribution is 2.14. The maximum atomic E-state index is 12.9. The van der Waals surface area contributed by atoms with Crippen LogP contribution in [0.5, 0.6) is 0 Å². The molecule has 0 spiro atoms. The zero-order valence-electron chi connectivity index (χ0n) is 45.5. The van der Waals surface area contributed by atoms with Gasteiger partial charge in [0, 0.05) is 19.3 Å². The number of ether oxygens (including phenoxy) is 3. The Balaban J connectivity index is 4.48. The second kappa shape index (κ2) is 57.6.